The third-order valence-electron chi connectivity index (χ3n) is 9.22. The van der Waals surface area contributed by atoms with Gasteiger partial charge in [-0.15, -0.1) is 0 Å². The van der Waals surface area contributed by atoms with Gasteiger partial charge in [0.2, 0.25) is 0 Å². The van der Waals surface area contributed by atoms with Gasteiger partial charge >= 0.3 is 0 Å². The lowest BCUT2D eigenvalue weighted by Gasteiger charge is -2.26. The number of rotatable bonds is 6. The molecular formula is C45H31N3. The third kappa shape index (κ3) is 4.81. The second kappa shape index (κ2) is 11.7. The molecule has 0 amide bonds. The number of pyridine rings is 1. The van der Waals surface area contributed by atoms with Gasteiger partial charge in [0, 0.05) is 27.5 Å². The molecule has 0 aliphatic heterocycles. The molecule has 0 saturated heterocycles. The molecule has 0 spiro atoms. The molecule has 0 aliphatic carbocycles. The Balaban J connectivity index is 1.18. The molecule has 0 N–H and O–H groups in total. The number of fused-ring (bicyclic) bond motifs is 4. The maximum absolute atomic E-state index is 4.83. The number of hydrogen-bond donors (Lipinski definition) is 0. The first-order valence-corrected chi connectivity index (χ1v) is 16.3. The molecule has 0 unspecified atom stereocenters. The van der Waals surface area contributed by atoms with Crippen molar-refractivity contribution < 1.29 is 0 Å². The summed E-state index contributed by atoms with van der Waals surface area (Å²) in [5.41, 5.74) is 12.5. The fraction of sp³-hybridized carbons (Fsp3) is 0. The van der Waals surface area contributed by atoms with E-state index in [1.807, 2.05) is 12.3 Å². The number of aromatic nitrogens is 2. The van der Waals surface area contributed by atoms with Gasteiger partial charge in [0.15, 0.2) is 0 Å². The molecule has 0 fully saturated rings. The highest BCUT2D eigenvalue weighted by Gasteiger charge is 2.21. The highest BCUT2D eigenvalue weighted by atomic mass is 15.1. The molecule has 226 valence electrons. The number of hydrogen-bond acceptors (Lipinski definition) is 2. The Bertz CT molecular complexity index is 2530. The van der Waals surface area contributed by atoms with Crippen LogP contribution >= 0.6 is 0 Å². The van der Waals surface area contributed by atoms with Crippen molar-refractivity contribution in [2.45, 2.75) is 0 Å². The van der Waals surface area contributed by atoms with Gasteiger partial charge in [-0.2, -0.15) is 0 Å². The van der Waals surface area contributed by atoms with Crippen molar-refractivity contribution in [1.82, 2.24) is 9.55 Å². The van der Waals surface area contributed by atoms with E-state index in [2.05, 4.69) is 185 Å². The van der Waals surface area contributed by atoms with Crippen LogP contribution in [-0.2, 0) is 0 Å². The Hall–Kier alpha value is -6.45. The quantitative estimate of drug-likeness (QED) is 0.186. The van der Waals surface area contributed by atoms with Crippen LogP contribution in [0.5, 0.6) is 0 Å². The van der Waals surface area contributed by atoms with E-state index in [1.165, 1.54) is 33.0 Å². The zero-order valence-electron chi connectivity index (χ0n) is 26.2. The maximum Gasteiger partial charge on any atom is 0.0703 e. The Kier molecular flexibility index (Phi) is 6.80. The molecule has 3 heteroatoms. The molecule has 9 aromatic rings. The van der Waals surface area contributed by atoms with Crippen molar-refractivity contribution in [2.24, 2.45) is 0 Å². The SMILES string of the molecule is c1ccc(-c2ccc(-c3ccc(N(c4ccccc4)c4cccc5c4c4ccccc4n5-c4cnc5ccccc5c4)cc3)cc2)cc1. The second-order valence-corrected chi connectivity index (χ2v) is 12.1. The van der Waals surface area contributed by atoms with Crippen molar-refractivity contribution in [1.29, 1.82) is 0 Å². The number of nitrogens with zero attached hydrogens (tertiary/aromatic N) is 3. The second-order valence-electron chi connectivity index (χ2n) is 12.1. The topological polar surface area (TPSA) is 21.1 Å². The zero-order chi connectivity index (χ0) is 31.9. The van der Waals surface area contributed by atoms with E-state index in [0.717, 1.165) is 44.7 Å². The molecule has 3 nitrogen and oxygen atoms in total. The lowest BCUT2D eigenvalue weighted by molar-refractivity contribution is 1.16. The van der Waals surface area contributed by atoms with E-state index in [4.69, 9.17) is 4.98 Å². The van der Waals surface area contributed by atoms with E-state index >= 15 is 0 Å². The summed E-state index contributed by atoms with van der Waals surface area (Å²) >= 11 is 0. The van der Waals surface area contributed by atoms with Crippen LogP contribution in [-0.4, -0.2) is 9.55 Å². The minimum Gasteiger partial charge on any atom is -0.310 e. The molecule has 48 heavy (non-hydrogen) atoms. The summed E-state index contributed by atoms with van der Waals surface area (Å²) < 4.78 is 2.35. The average molecular weight is 614 g/mol. The van der Waals surface area contributed by atoms with Crippen LogP contribution in [0.4, 0.5) is 17.1 Å². The molecule has 0 bridgehead atoms. The van der Waals surface area contributed by atoms with Crippen LogP contribution in [0.2, 0.25) is 0 Å². The minimum absolute atomic E-state index is 0.994. The summed E-state index contributed by atoms with van der Waals surface area (Å²) in [4.78, 5) is 7.20. The van der Waals surface area contributed by atoms with Gasteiger partial charge in [-0.1, -0.05) is 127 Å². The van der Waals surface area contributed by atoms with Crippen molar-refractivity contribution in [3.63, 3.8) is 0 Å². The van der Waals surface area contributed by atoms with Gasteiger partial charge < -0.3 is 9.47 Å². The largest absolute Gasteiger partial charge is 0.310 e. The first-order valence-electron chi connectivity index (χ1n) is 16.3. The van der Waals surface area contributed by atoms with Gasteiger partial charge in [0.25, 0.3) is 0 Å². The normalized spacial score (nSPS) is 11.3. The minimum atomic E-state index is 0.994. The van der Waals surface area contributed by atoms with E-state index in [9.17, 15) is 0 Å². The van der Waals surface area contributed by atoms with Crippen molar-refractivity contribution in [3.8, 4) is 27.9 Å². The predicted octanol–water partition coefficient (Wildman–Crippen LogP) is 12.1. The van der Waals surface area contributed by atoms with E-state index in [-0.39, 0.29) is 0 Å². The van der Waals surface area contributed by atoms with Crippen LogP contribution in [0, 0.1) is 0 Å². The fourth-order valence-corrected chi connectivity index (χ4v) is 6.94. The Morgan fingerprint density at radius 2 is 1.00 bits per heavy atom. The highest BCUT2D eigenvalue weighted by Crippen LogP contribution is 2.44. The Morgan fingerprint density at radius 3 is 1.75 bits per heavy atom. The maximum atomic E-state index is 4.83. The molecule has 0 aliphatic rings. The molecule has 2 heterocycles. The lowest BCUT2D eigenvalue weighted by atomic mass is 10.00. The van der Waals surface area contributed by atoms with Gasteiger partial charge in [-0.25, -0.2) is 0 Å². The molecule has 0 saturated carbocycles. The molecule has 0 atom stereocenters. The predicted molar refractivity (Wildman–Crippen MR) is 202 cm³/mol. The van der Waals surface area contributed by atoms with Crippen molar-refractivity contribution in [3.05, 3.63) is 188 Å². The van der Waals surface area contributed by atoms with Gasteiger partial charge in [-0.05, 0) is 76.9 Å². The van der Waals surface area contributed by atoms with E-state index < -0.39 is 0 Å². The summed E-state index contributed by atoms with van der Waals surface area (Å²) in [6.45, 7) is 0. The third-order valence-corrected chi connectivity index (χ3v) is 9.22. The molecule has 2 aromatic heterocycles. The zero-order valence-corrected chi connectivity index (χ0v) is 26.2. The highest BCUT2D eigenvalue weighted by molar-refractivity contribution is 6.16. The van der Waals surface area contributed by atoms with Crippen LogP contribution in [0.25, 0.3) is 60.6 Å². The van der Waals surface area contributed by atoms with Gasteiger partial charge in [0.1, 0.15) is 0 Å². The first-order chi connectivity index (χ1) is 23.8. The lowest BCUT2D eigenvalue weighted by Crippen LogP contribution is -2.10. The van der Waals surface area contributed by atoms with Crippen molar-refractivity contribution >= 4 is 49.8 Å². The van der Waals surface area contributed by atoms with Crippen LogP contribution < -0.4 is 4.90 Å². The summed E-state index contributed by atoms with van der Waals surface area (Å²) in [5.74, 6) is 0. The standard InChI is InChI=1S/C45H31N3/c1-3-12-32(13-4-1)33-22-24-34(25-23-33)35-26-28-38(29-27-35)47(37-15-5-2-6-16-37)43-20-11-21-44-45(43)40-17-8-10-19-42(40)48(44)39-30-36-14-7-9-18-41(36)46-31-39/h1-31H. The number of anilines is 3. The van der Waals surface area contributed by atoms with E-state index in [0.29, 0.717) is 0 Å². The molecule has 7 aromatic carbocycles. The van der Waals surface area contributed by atoms with Crippen LogP contribution in [0.1, 0.15) is 0 Å². The Labute approximate surface area is 279 Å². The van der Waals surface area contributed by atoms with Gasteiger partial charge in [0.05, 0.1) is 34.1 Å². The smallest absolute Gasteiger partial charge is 0.0703 e. The number of benzene rings is 7. The van der Waals surface area contributed by atoms with Crippen LogP contribution in [0.15, 0.2) is 188 Å². The van der Waals surface area contributed by atoms with Crippen molar-refractivity contribution in [2.75, 3.05) is 4.90 Å². The molecule has 9 rings (SSSR count). The Morgan fingerprint density at radius 1 is 0.438 bits per heavy atom. The molecular weight excluding hydrogens is 583 g/mol. The summed E-state index contributed by atoms with van der Waals surface area (Å²) in [6.07, 6.45) is 1.99. The summed E-state index contributed by atoms with van der Waals surface area (Å²) in [5, 5.41) is 3.52. The van der Waals surface area contributed by atoms with Crippen LogP contribution in [0.3, 0.4) is 0 Å². The van der Waals surface area contributed by atoms with E-state index in [1.54, 1.807) is 0 Å². The average Bonchev–Trinajstić information content (AvgIpc) is 3.51. The fourth-order valence-electron chi connectivity index (χ4n) is 6.94. The van der Waals surface area contributed by atoms with Gasteiger partial charge in [-0.3, -0.25) is 4.98 Å². The number of para-hydroxylation sites is 3. The first kappa shape index (κ1) is 27.8. The molecule has 0 radical (unpaired) electrons. The monoisotopic (exact) mass is 613 g/mol. The summed E-state index contributed by atoms with van der Waals surface area (Å²) in [7, 11) is 0. The summed E-state index contributed by atoms with van der Waals surface area (Å²) in [6, 6.07) is 64.8.